The number of hydrogen-bond donors (Lipinski definition) is 8. The lowest BCUT2D eigenvalue weighted by Crippen LogP contribution is -2.56. The zero-order chi connectivity index (χ0) is 28.1. The van der Waals surface area contributed by atoms with Gasteiger partial charge in [-0.25, -0.2) is 0 Å². The van der Waals surface area contributed by atoms with Gasteiger partial charge in [-0.05, 0) is 12.1 Å². The van der Waals surface area contributed by atoms with Crippen LogP contribution in [0.3, 0.4) is 0 Å². The smallest absolute Gasteiger partial charge is 0.204 e. The number of aromatic hydroxyl groups is 4. The fourth-order valence-electron chi connectivity index (χ4n) is 4.98. The number of carbonyl (C=O) groups is 1. The lowest BCUT2D eigenvalue weighted by atomic mass is 9.76. The second-order valence-corrected chi connectivity index (χ2v) is 9.33. The first-order valence-electron chi connectivity index (χ1n) is 11.9. The third-order valence-electron chi connectivity index (χ3n) is 6.89. The minimum Gasteiger partial charge on any atom is -0.508 e. The van der Waals surface area contributed by atoms with Crippen LogP contribution in [0.25, 0.3) is 0 Å². The molecule has 0 radical (unpaired) electrons. The first-order valence-corrected chi connectivity index (χ1v) is 11.9. The predicted octanol–water partition coefficient (Wildman–Crippen LogP) is 0.213. The Morgan fingerprint density at radius 3 is 2.26 bits per heavy atom. The molecule has 1 fully saturated rings. The summed E-state index contributed by atoms with van der Waals surface area (Å²) in [5.41, 5.74) is -1.94. The SMILES string of the molecule is O=C1c2c(O)cc(O)cc2OC(c2ccccc2)(c2ccc(O)c(O)c2)C1O[C@@H]1O[C@H](C(O)CO)[C@H](O)[C@H]1O. The van der Waals surface area contributed by atoms with Crippen molar-refractivity contribution in [2.24, 2.45) is 0 Å². The first kappa shape index (κ1) is 26.7. The van der Waals surface area contributed by atoms with Crippen molar-refractivity contribution in [3.8, 4) is 28.7 Å². The molecule has 39 heavy (non-hydrogen) atoms. The number of phenolic OH excluding ortho intramolecular Hbond substituents is 4. The van der Waals surface area contributed by atoms with Crippen molar-refractivity contribution in [2.45, 2.75) is 42.4 Å². The molecule has 3 unspecified atom stereocenters. The lowest BCUT2D eigenvalue weighted by Gasteiger charge is -2.45. The summed E-state index contributed by atoms with van der Waals surface area (Å²) >= 11 is 0. The van der Waals surface area contributed by atoms with Gasteiger partial charge in [0.25, 0.3) is 0 Å². The molecule has 7 atom stereocenters. The van der Waals surface area contributed by atoms with Gasteiger partial charge in [0.15, 0.2) is 29.5 Å². The van der Waals surface area contributed by atoms with Gasteiger partial charge < -0.3 is 55.1 Å². The van der Waals surface area contributed by atoms with Crippen LogP contribution in [-0.4, -0.2) is 90.1 Å². The van der Waals surface area contributed by atoms with E-state index in [0.29, 0.717) is 5.56 Å². The van der Waals surface area contributed by atoms with E-state index < -0.39 is 77.8 Å². The van der Waals surface area contributed by atoms with Crippen LogP contribution in [0, 0.1) is 0 Å². The number of phenols is 4. The van der Waals surface area contributed by atoms with Gasteiger partial charge in [0.1, 0.15) is 47.2 Å². The summed E-state index contributed by atoms with van der Waals surface area (Å²) in [6.45, 7) is -0.794. The Morgan fingerprint density at radius 1 is 0.872 bits per heavy atom. The number of aliphatic hydroxyl groups excluding tert-OH is 4. The predicted molar refractivity (Wildman–Crippen MR) is 130 cm³/mol. The molecule has 8 N–H and O–H groups in total. The van der Waals surface area contributed by atoms with Crippen LogP contribution in [0.15, 0.2) is 60.7 Å². The van der Waals surface area contributed by atoms with Gasteiger partial charge in [0, 0.05) is 23.3 Å². The van der Waals surface area contributed by atoms with E-state index in [1.165, 1.54) is 6.07 Å². The van der Waals surface area contributed by atoms with Crippen LogP contribution >= 0.6 is 0 Å². The number of ketones is 1. The molecule has 2 aliphatic rings. The van der Waals surface area contributed by atoms with E-state index in [1.807, 2.05) is 0 Å². The van der Waals surface area contributed by atoms with E-state index >= 15 is 0 Å². The molecule has 0 aliphatic carbocycles. The summed E-state index contributed by atoms with van der Waals surface area (Å²) in [6, 6.07) is 13.8. The van der Waals surface area contributed by atoms with Gasteiger partial charge in [0.2, 0.25) is 5.78 Å². The van der Waals surface area contributed by atoms with Crippen molar-refractivity contribution in [2.75, 3.05) is 6.61 Å². The number of rotatable bonds is 6. The highest BCUT2D eigenvalue weighted by Crippen LogP contribution is 2.50. The Kier molecular flexibility index (Phi) is 6.84. The monoisotopic (exact) mass is 542 g/mol. The Bertz CT molecular complexity index is 1380. The Hall–Kier alpha value is -3.91. The summed E-state index contributed by atoms with van der Waals surface area (Å²) in [6.07, 6.45) is -10.0. The maximum Gasteiger partial charge on any atom is 0.204 e. The molecule has 3 aromatic carbocycles. The minimum atomic E-state index is -1.97. The summed E-state index contributed by atoms with van der Waals surface area (Å²) in [4.78, 5) is 14.1. The number of hydrogen-bond acceptors (Lipinski definition) is 12. The van der Waals surface area contributed by atoms with Crippen LogP contribution in [0.1, 0.15) is 21.5 Å². The second kappa shape index (κ2) is 10.0. The minimum absolute atomic E-state index is 0.0933. The summed E-state index contributed by atoms with van der Waals surface area (Å²) in [5, 5.41) is 81.4. The fourth-order valence-corrected chi connectivity index (χ4v) is 4.98. The second-order valence-electron chi connectivity index (χ2n) is 9.33. The standard InChI is InChI=1S/C27H26O12/c28-11-18(33)24-22(35)23(36)26(37-24)38-25-21(34)20-17(32)9-14(29)10-19(20)39-27(25,12-4-2-1-3-5-12)13-6-7-15(30)16(31)8-13/h1-10,18,22-26,28-33,35-36H,11H2/t18?,22-,23-,24-,25?,26+,27?/m1/s1. The number of fused-ring (bicyclic) bond motifs is 1. The van der Waals surface area contributed by atoms with E-state index in [0.717, 1.165) is 24.3 Å². The van der Waals surface area contributed by atoms with Gasteiger partial charge in [-0.15, -0.1) is 0 Å². The molecule has 0 aromatic heterocycles. The van der Waals surface area contributed by atoms with Crippen molar-refractivity contribution in [3.05, 3.63) is 77.4 Å². The molecule has 0 amide bonds. The van der Waals surface area contributed by atoms with E-state index in [-0.39, 0.29) is 16.9 Å². The van der Waals surface area contributed by atoms with Gasteiger partial charge in [-0.2, -0.15) is 0 Å². The van der Waals surface area contributed by atoms with E-state index in [9.17, 15) is 45.6 Å². The maximum atomic E-state index is 14.1. The van der Waals surface area contributed by atoms with Gasteiger partial charge in [0.05, 0.1) is 6.61 Å². The molecular formula is C27H26O12. The van der Waals surface area contributed by atoms with Crippen LogP contribution in [-0.2, 0) is 15.1 Å². The van der Waals surface area contributed by atoms with Crippen LogP contribution < -0.4 is 4.74 Å². The van der Waals surface area contributed by atoms with Crippen molar-refractivity contribution >= 4 is 5.78 Å². The highest BCUT2D eigenvalue weighted by molar-refractivity contribution is 6.06. The number of aliphatic hydroxyl groups is 4. The van der Waals surface area contributed by atoms with Crippen LogP contribution in [0.5, 0.6) is 28.7 Å². The Labute approximate surface area is 221 Å². The first-order chi connectivity index (χ1) is 18.6. The van der Waals surface area contributed by atoms with Crippen LogP contribution in [0.4, 0.5) is 0 Å². The quantitative estimate of drug-likeness (QED) is 0.197. The molecule has 1 saturated heterocycles. The number of Topliss-reactive ketones (excluding diaryl/α,β-unsaturated/α-hetero) is 1. The Balaban J connectivity index is 1.72. The largest absolute Gasteiger partial charge is 0.508 e. The number of carbonyl (C=O) groups excluding carboxylic acids is 1. The lowest BCUT2D eigenvalue weighted by molar-refractivity contribution is -0.217. The molecule has 2 aliphatic heterocycles. The molecule has 0 saturated carbocycles. The van der Waals surface area contributed by atoms with Gasteiger partial charge >= 0.3 is 0 Å². The highest BCUT2D eigenvalue weighted by atomic mass is 16.7. The fraction of sp³-hybridized carbons (Fsp3) is 0.296. The van der Waals surface area contributed by atoms with E-state index in [2.05, 4.69) is 0 Å². The number of benzene rings is 3. The normalized spacial score (nSPS) is 29.0. The molecule has 5 rings (SSSR count). The third kappa shape index (κ3) is 4.33. The van der Waals surface area contributed by atoms with Gasteiger partial charge in [-0.1, -0.05) is 36.4 Å². The third-order valence-corrected chi connectivity index (χ3v) is 6.89. The van der Waals surface area contributed by atoms with Crippen molar-refractivity contribution < 1.29 is 59.9 Å². The molecular weight excluding hydrogens is 516 g/mol. The zero-order valence-electron chi connectivity index (χ0n) is 20.2. The molecule has 0 bridgehead atoms. The van der Waals surface area contributed by atoms with Crippen molar-refractivity contribution in [3.63, 3.8) is 0 Å². The molecule has 2 heterocycles. The Morgan fingerprint density at radius 2 is 1.59 bits per heavy atom. The van der Waals surface area contributed by atoms with Gasteiger partial charge in [-0.3, -0.25) is 4.79 Å². The zero-order valence-corrected chi connectivity index (χ0v) is 20.2. The summed E-state index contributed by atoms with van der Waals surface area (Å²) in [5.74, 6) is -3.15. The average molecular weight is 542 g/mol. The maximum absolute atomic E-state index is 14.1. The molecule has 0 spiro atoms. The van der Waals surface area contributed by atoms with E-state index in [1.54, 1.807) is 30.3 Å². The van der Waals surface area contributed by atoms with Crippen molar-refractivity contribution in [1.29, 1.82) is 0 Å². The molecule has 12 heteroatoms. The number of ether oxygens (including phenoxy) is 3. The summed E-state index contributed by atoms with van der Waals surface area (Å²) in [7, 11) is 0. The highest BCUT2D eigenvalue weighted by Gasteiger charge is 2.58. The van der Waals surface area contributed by atoms with E-state index in [4.69, 9.17) is 14.2 Å². The topological polar surface area (TPSA) is 207 Å². The molecule has 12 nitrogen and oxygen atoms in total. The average Bonchev–Trinajstić information content (AvgIpc) is 3.19. The van der Waals surface area contributed by atoms with Crippen LogP contribution in [0.2, 0.25) is 0 Å². The molecule has 206 valence electrons. The van der Waals surface area contributed by atoms with Crippen molar-refractivity contribution in [1.82, 2.24) is 0 Å². The summed E-state index contributed by atoms with van der Waals surface area (Å²) < 4.78 is 17.8. The molecule has 3 aromatic rings.